The van der Waals surface area contributed by atoms with Crippen molar-refractivity contribution in [1.82, 2.24) is 4.98 Å². The first-order valence-electron chi connectivity index (χ1n) is 10.7. The predicted molar refractivity (Wildman–Crippen MR) is 129 cm³/mol. The van der Waals surface area contributed by atoms with Gasteiger partial charge in [-0.1, -0.05) is 24.3 Å². The number of para-hydroxylation sites is 1. The number of carbonyl (C=O) groups excluding carboxylic acids is 1. The Hall–Kier alpha value is -3.84. The van der Waals surface area contributed by atoms with Crippen molar-refractivity contribution in [2.75, 3.05) is 0 Å². The number of aromatic nitrogens is 1. The molecule has 2 aromatic heterocycles. The lowest BCUT2D eigenvalue weighted by molar-refractivity contribution is -0.384. The monoisotopic (exact) mass is 456 g/mol. The van der Waals surface area contributed by atoms with Crippen molar-refractivity contribution in [3.05, 3.63) is 103 Å². The van der Waals surface area contributed by atoms with Crippen LogP contribution in [0.25, 0.3) is 22.6 Å². The molecule has 0 N–H and O–H groups in total. The Bertz CT molecular complexity index is 1380. The number of benzene rings is 2. The highest BCUT2D eigenvalue weighted by Crippen LogP contribution is 2.37. The van der Waals surface area contributed by atoms with E-state index in [1.165, 1.54) is 12.1 Å². The molecule has 4 aromatic rings. The Labute approximate surface area is 194 Å². The summed E-state index contributed by atoms with van der Waals surface area (Å²) in [4.78, 5) is 29.8. The van der Waals surface area contributed by atoms with Crippen molar-refractivity contribution in [3.8, 4) is 0 Å². The number of ether oxygens (including phenoxy) is 1. The molecule has 1 aliphatic rings. The van der Waals surface area contributed by atoms with Gasteiger partial charge in [-0.3, -0.25) is 10.1 Å². The summed E-state index contributed by atoms with van der Waals surface area (Å²) in [5.41, 5.74) is 4.96. The Morgan fingerprint density at radius 2 is 1.91 bits per heavy atom. The number of non-ortho nitro benzene ring substituents is 1. The number of pyridine rings is 1. The van der Waals surface area contributed by atoms with Crippen LogP contribution in [0.15, 0.2) is 66.0 Å². The molecule has 2 aromatic carbocycles. The van der Waals surface area contributed by atoms with E-state index in [0.717, 1.165) is 51.9 Å². The smallest absolute Gasteiger partial charge is 0.339 e. The molecule has 7 heteroatoms. The van der Waals surface area contributed by atoms with Crippen LogP contribution in [-0.2, 0) is 17.8 Å². The third kappa shape index (κ3) is 4.27. The quantitative estimate of drug-likeness (QED) is 0.196. The molecule has 0 saturated heterocycles. The summed E-state index contributed by atoms with van der Waals surface area (Å²) in [7, 11) is 0. The minimum atomic E-state index is -0.452. The molecule has 0 radical (unpaired) electrons. The molecule has 0 bridgehead atoms. The fraction of sp³-hybridized carbons (Fsp3) is 0.154. The number of thiophene rings is 1. The maximum atomic E-state index is 13.3. The van der Waals surface area contributed by atoms with E-state index in [1.54, 1.807) is 23.5 Å². The molecule has 1 aliphatic carbocycles. The molecule has 0 amide bonds. The van der Waals surface area contributed by atoms with Crippen molar-refractivity contribution in [3.63, 3.8) is 0 Å². The van der Waals surface area contributed by atoms with Gasteiger partial charge >= 0.3 is 5.97 Å². The second kappa shape index (κ2) is 8.96. The first-order chi connectivity index (χ1) is 16.1. The van der Waals surface area contributed by atoms with Crippen LogP contribution in [-0.4, -0.2) is 15.9 Å². The number of carbonyl (C=O) groups is 1. The van der Waals surface area contributed by atoms with Crippen molar-refractivity contribution >= 4 is 45.5 Å². The summed E-state index contributed by atoms with van der Waals surface area (Å²) in [6.07, 6.45) is 4.77. The Balaban J connectivity index is 1.52. The van der Waals surface area contributed by atoms with Gasteiger partial charge in [0.2, 0.25) is 0 Å². The maximum absolute atomic E-state index is 13.3. The van der Waals surface area contributed by atoms with E-state index in [2.05, 4.69) is 12.1 Å². The third-order valence-corrected chi connectivity index (χ3v) is 6.57. The lowest BCUT2D eigenvalue weighted by Gasteiger charge is -2.22. The molecule has 0 saturated carbocycles. The Morgan fingerprint density at radius 1 is 1.09 bits per heavy atom. The van der Waals surface area contributed by atoms with Crippen LogP contribution in [0.4, 0.5) is 5.69 Å². The van der Waals surface area contributed by atoms with Gasteiger partial charge in [-0.2, -0.15) is 0 Å². The van der Waals surface area contributed by atoms with Gasteiger partial charge in [-0.15, -0.1) is 11.3 Å². The minimum Gasteiger partial charge on any atom is -0.457 e. The number of allylic oxidation sites excluding steroid dienone is 1. The minimum absolute atomic E-state index is 0.00401. The normalized spacial score (nSPS) is 14.2. The van der Waals surface area contributed by atoms with Gasteiger partial charge < -0.3 is 4.74 Å². The highest BCUT2D eigenvalue weighted by Gasteiger charge is 2.26. The van der Waals surface area contributed by atoms with Crippen LogP contribution in [0.3, 0.4) is 0 Å². The van der Waals surface area contributed by atoms with Gasteiger partial charge in [0.15, 0.2) is 0 Å². The number of fused-ring (bicyclic) bond motifs is 2. The number of hydrogen-bond donors (Lipinski definition) is 0. The summed E-state index contributed by atoms with van der Waals surface area (Å²) in [6.45, 7) is 0.0418. The van der Waals surface area contributed by atoms with Crippen molar-refractivity contribution in [2.45, 2.75) is 25.9 Å². The van der Waals surface area contributed by atoms with E-state index in [9.17, 15) is 14.9 Å². The maximum Gasteiger partial charge on any atom is 0.339 e. The van der Waals surface area contributed by atoms with Crippen LogP contribution in [0, 0.1) is 10.1 Å². The van der Waals surface area contributed by atoms with Gasteiger partial charge in [0.05, 0.1) is 21.7 Å². The molecule has 164 valence electrons. The fourth-order valence-corrected chi connectivity index (χ4v) is 4.87. The van der Waals surface area contributed by atoms with E-state index in [0.29, 0.717) is 11.1 Å². The molecule has 33 heavy (non-hydrogen) atoms. The lowest BCUT2D eigenvalue weighted by atomic mass is 9.86. The molecule has 0 spiro atoms. The number of rotatable bonds is 5. The first-order valence-corrected chi connectivity index (χ1v) is 11.5. The molecule has 5 rings (SSSR count). The fourth-order valence-electron chi connectivity index (χ4n) is 4.19. The average molecular weight is 457 g/mol. The number of nitro benzene ring substituents is 1. The molecular weight excluding hydrogens is 436 g/mol. The SMILES string of the molecule is O=C(OCc1ccc([N+](=O)[O-])cc1)c1c2c(nc3ccccc13)C(=Cc1cccs1)CCC2. The summed E-state index contributed by atoms with van der Waals surface area (Å²) in [5, 5.41) is 13.7. The Morgan fingerprint density at radius 3 is 2.67 bits per heavy atom. The van der Waals surface area contributed by atoms with Crippen LogP contribution in [0.2, 0.25) is 0 Å². The number of nitro groups is 1. The number of nitrogens with zero attached hydrogens (tertiary/aromatic N) is 2. The van der Waals surface area contributed by atoms with Crippen LogP contribution in [0.5, 0.6) is 0 Å². The van der Waals surface area contributed by atoms with E-state index >= 15 is 0 Å². The van der Waals surface area contributed by atoms with Gasteiger partial charge in [0, 0.05) is 22.4 Å². The average Bonchev–Trinajstić information content (AvgIpc) is 3.35. The van der Waals surface area contributed by atoms with Crippen molar-refractivity contribution < 1.29 is 14.5 Å². The van der Waals surface area contributed by atoms with Crippen LogP contribution in [0.1, 0.15) is 44.9 Å². The lowest BCUT2D eigenvalue weighted by Crippen LogP contribution is -2.15. The Kier molecular flexibility index (Phi) is 5.71. The van der Waals surface area contributed by atoms with E-state index in [1.807, 2.05) is 35.7 Å². The van der Waals surface area contributed by atoms with Gasteiger partial charge in [-0.25, -0.2) is 9.78 Å². The highest BCUT2D eigenvalue weighted by atomic mass is 32.1. The van der Waals surface area contributed by atoms with E-state index in [-0.39, 0.29) is 12.3 Å². The summed E-state index contributed by atoms with van der Waals surface area (Å²) in [6, 6.07) is 17.8. The van der Waals surface area contributed by atoms with Crippen LogP contribution >= 0.6 is 11.3 Å². The van der Waals surface area contributed by atoms with Crippen molar-refractivity contribution in [2.24, 2.45) is 0 Å². The zero-order valence-electron chi connectivity index (χ0n) is 17.7. The zero-order valence-corrected chi connectivity index (χ0v) is 18.5. The second-order valence-corrected chi connectivity index (χ2v) is 8.85. The number of hydrogen-bond acceptors (Lipinski definition) is 6. The first kappa shape index (κ1) is 21.0. The highest BCUT2D eigenvalue weighted by molar-refractivity contribution is 7.10. The number of esters is 1. The summed E-state index contributed by atoms with van der Waals surface area (Å²) < 4.78 is 5.68. The zero-order chi connectivity index (χ0) is 22.8. The predicted octanol–water partition coefficient (Wildman–Crippen LogP) is 6.44. The standard InChI is InChI=1S/C26H20N2O4S/c29-26(32-16-17-10-12-19(13-11-17)28(30)31)24-21-7-1-2-9-23(21)27-25-18(5-3-8-22(24)25)15-20-6-4-14-33-20/h1-2,4,6-7,9-15H,3,5,8,16H2. The molecular formula is C26H20N2O4S. The largest absolute Gasteiger partial charge is 0.457 e. The molecule has 0 fully saturated rings. The van der Waals surface area contributed by atoms with Gasteiger partial charge in [-0.05, 0) is 71.7 Å². The van der Waals surface area contributed by atoms with Gasteiger partial charge in [0.1, 0.15) is 6.61 Å². The van der Waals surface area contributed by atoms with E-state index in [4.69, 9.17) is 9.72 Å². The molecule has 0 aliphatic heterocycles. The molecule has 0 atom stereocenters. The van der Waals surface area contributed by atoms with Gasteiger partial charge in [0.25, 0.3) is 5.69 Å². The molecule has 0 unspecified atom stereocenters. The summed E-state index contributed by atoms with van der Waals surface area (Å²) >= 11 is 1.68. The molecule has 2 heterocycles. The third-order valence-electron chi connectivity index (χ3n) is 5.75. The topological polar surface area (TPSA) is 82.3 Å². The summed E-state index contributed by atoms with van der Waals surface area (Å²) in [5.74, 6) is -0.402. The van der Waals surface area contributed by atoms with Crippen molar-refractivity contribution in [1.29, 1.82) is 0 Å². The molecule has 6 nitrogen and oxygen atoms in total. The van der Waals surface area contributed by atoms with E-state index < -0.39 is 10.9 Å². The van der Waals surface area contributed by atoms with Crippen LogP contribution < -0.4 is 0 Å². The second-order valence-electron chi connectivity index (χ2n) is 7.87.